The minimum Gasteiger partial charge on any atom is -0.490 e. The van der Waals surface area contributed by atoms with Crippen molar-refractivity contribution in [3.8, 4) is 5.75 Å². The molecule has 88 valence electrons. The zero-order valence-electron chi connectivity index (χ0n) is 11.2. The molecule has 1 unspecified atom stereocenters. The van der Waals surface area contributed by atoms with E-state index in [9.17, 15) is 0 Å². The molecule has 1 heterocycles. The van der Waals surface area contributed by atoms with E-state index in [4.69, 9.17) is 4.74 Å². The number of fused-ring (bicyclic) bond motifs is 1. The molecule has 0 radical (unpaired) electrons. The molecule has 1 aliphatic rings. The Labute approximate surface area is 98.8 Å². The van der Waals surface area contributed by atoms with E-state index in [0.29, 0.717) is 0 Å². The third-order valence-electron chi connectivity index (χ3n) is 3.86. The van der Waals surface area contributed by atoms with Crippen molar-refractivity contribution in [2.45, 2.75) is 58.5 Å². The van der Waals surface area contributed by atoms with Crippen molar-refractivity contribution in [1.82, 2.24) is 0 Å². The van der Waals surface area contributed by atoms with E-state index < -0.39 is 0 Å². The summed E-state index contributed by atoms with van der Waals surface area (Å²) < 4.78 is 5.89. The SMILES string of the molecule is CC1Oc2ccc(C(C)(C)C)cc2C1(C)C. The fourth-order valence-corrected chi connectivity index (χ4v) is 2.16. The summed E-state index contributed by atoms with van der Waals surface area (Å²) in [6, 6.07) is 6.63. The van der Waals surface area contributed by atoms with Crippen molar-refractivity contribution in [3.63, 3.8) is 0 Å². The van der Waals surface area contributed by atoms with Crippen molar-refractivity contribution in [2.24, 2.45) is 0 Å². The minimum absolute atomic E-state index is 0.122. The van der Waals surface area contributed by atoms with Crippen LogP contribution in [0, 0.1) is 0 Å². The average Bonchev–Trinajstić information content (AvgIpc) is 2.37. The molecule has 0 fully saturated rings. The van der Waals surface area contributed by atoms with Gasteiger partial charge in [-0.2, -0.15) is 0 Å². The summed E-state index contributed by atoms with van der Waals surface area (Å²) in [5.41, 5.74) is 3.07. The molecular weight excluding hydrogens is 196 g/mol. The summed E-state index contributed by atoms with van der Waals surface area (Å²) in [6.45, 7) is 13.4. The van der Waals surface area contributed by atoms with Crippen LogP contribution in [-0.4, -0.2) is 6.10 Å². The zero-order valence-corrected chi connectivity index (χ0v) is 11.2. The van der Waals surface area contributed by atoms with Crippen LogP contribution in [0.2, 0.25) is 0 Å². The zero-order chi connectivity index (χ0) is 12.1. The predicted octanol–water partition coefficient (Wildman–Crippen LogP) is 4.04. The lowest BCUT2D eigenvalue weighted by molar-refractivity contribution is 0.185. The number of ether oxygens (including phenoxy) is 1. The van der Waals surface area contributed by atoms with Crippen molar-refractivity contribution in [1.29, 1.82) is 0 Å². The van der Waals surface area contributed by atoms with Gasteiger partial charge in [-0.1, -0.05) is 46.8 Å². The van der Waals surface area contributed by atoms with Gasteiger partial charge in [0.25, 0.3) is 0 Å². The van der Waals surface area contributed by atoms with E-state index in [-0.39, 0.29) is 16.9 Å². The van der Waals surface area contributed by atoms with E-state index in [1.54, 1.807) is 0 Å². The standard InChI is InChI=1S/C15H22O/c1-10-15(5,6)12-9-11(14(2,3)4)7-8-13(12)16-10/h7-10H,1-6H3. The maximum atomic E-state index is 5.89. The number of rotatable bonds is 0. The van der Waals surface area contributed by atoms with Crippen LogP contribution < -0.4 is 4.74 Å². The maximum Gasteiger partial charge on any atom is 0.123 e. The third kappa shape index (κ3) is 1.63. The van der Waals surface area contributed by atoms with Crippen LogP contribution >= 0.6 is 0 Å². The van der Waals surface area contributed by atoms with Crippen LogP contribution in [0.5, 0.6) is 5.75 Å². The van der Waals surface area contributed by atoms with Crippen LogP contribution in [0.4, 0.5) is 0 Å². The van der Waals surface area contributed by atoms with E-state index in [1.807, 2.05) is 0 Å². The molecule has 1 heteroatoms. The first-order valence-electron chi connectivity index (χ1n) is 6.04. The second kappa shape index (κ2) is 3.26. The van der Waals surface area contributed by atoms with Gasteiger partial charge in [0.05, 0.1) is 0 Å². The second-order valence-electron chi connectivity index (χ2n) is 6.44. The summed E-state index contributed by atoms with van der Waals surface area (Å²) in [6.07, 6.45) is 0.262. The van der Waals surface area contributed by atoms with Crippen molar-refractivity contribution in [2.75, 3.05) is 0 Å². The second-order valence-corrected chi connectivity index (χ2v) is 6.44. The largest absolute Gasteiger partial charge is 0.490 e. The Morgan fingerprint density at radius 3 is 2.38 bits per heavy atom. The minimum atomic E-state index is 0.122. The molecule has 0 N–H and O–H groups in total. The van der Waals surface area contributed by atoms with Crippen molar-refractivity contribution < 1.29 is 4.74 Å². The highest BCUT2D eigenvalue weighted by Crippen LogP contribution is 2.44. The van der Waals surface area contributed by atoms with E-state index in [0.717, 1.165) is 5.75 Å². The lowest BCUT2D eigenvalue weighted by atomic mass is 9.78. The topological polar surface area (TPSA) is 9.23 Å². The summed E-state index contributed by atoms with van der Waals surface area (Å²) >= 11 is 0. The molecule has 0 amide bonds. The van der Waals surface area contributed by atoms with Crippen LogP contribution in [0.15, 0.2) is 18.2 Å². The van der Waals surface area contributed by atoms with Crippen molar-refractivity contribution >= 4 is 0 Å². The number of hydrogen-bond donors (Lipinski definition) is 0. The Morgan fingerprint density at radius 2 is 1.81 bits per heavy atom. The van der Waals surface area contributed by atoms with Gasteiger partial charge in [-0.3, -0.25) is 0 Å². The van der Waals surface area contributed by atoms with Crippen LogP contribution in [0.3, 0.4) is 0 Å². The smallest absolute Gasteiger partial charge is 0.123 e. The fraction of sp³-hybridized carbons (Fsp3) is 0.600. The van der Waals surface area contributed by atoms with Gasteiger partial charge in [0, 0.05) is 11.0 Å². The summed E-state index contributed by atoms with van der Waals surface area (Å²) in [4.78, 5) is 0. The molecule has 0 saturated carbocycles. The van der Waals surface area contributed by atoms with Crippen LogP contribution in [0.1, 0.15) is 52.7 Å². The maximum absolute atomic E-state index is 5.89. The van der Waals surface area contributed by atoms with Gasteiger partial charge in [0.2, 0.25) is 0 Å². The first-order valence-corrected chi connectivity index (χ1v) is 6.04. The molecule has 0 saturated heterocycles. The molecule has 1 aliphatic heterocycles. The summed E-state index contributed by atoms with van der Waals surface area (Å²) in [7, 11) is 0. The highest BCUT2D eigenvalue weighted by Gasteiger charge is 2.39. The molecule has 1 atom stereocenters. The summed E-state index contributed by atoms with van der Waals surface area (Å²) in [5, 5.41) is 0. The Bertz CT molecular complexity index is 410. The van der Waals surface area contributed by atoms with Crippen molar-refractivity contribution in [3.05, 3.63) is 29.3 Å². The Balaban J connectivity index is 2.53. The van der Waals surface area contributed by atoms with Gasteiger partial charge in [-0.05, 0) is 24.0 Å². The van der Waals surface area contributed by atoms with E-state index in [2.05, 4.69) is 59.7 Å². The summed E-state index contributed by atoms with van der Waals surface area (Å²) in [5.74, 6) is 1.06. The lowest BCUT2D eigenvalue weighted by Gasteiger charge is -2.24. The van der Waals surface area contributed by atoms with Crippen LogP contribution in [-0.2, 0) is 10.8 Å². The Kier molecular flexibility index (Phi) is 2.34. The molecule has 0 aliphatic carbocycles. The van der Waals surface area contributed by atoms with Crippen LogP contribution in [0.25, 0.3) is 0 Å². The van der Waals surface area contributed by atoms with Gasteiger partial charge in [-0.25, -0.2) is 0 Å². The van der Waals surface area contributed by atoms with Gasteiger partial charge >= 0.3 is 0 Å². The molecule has 0 bridgehead atoms. The normalized spacial score (nSPS) is 22.8. The Morgan fingerprint density at radius 1 is 1.19 bits per heavy atom. The molecule has 1 nitrogen and oxygen atoms in total. The third-order valence-corrected chi connectivity index (χ3v) is 3.86. The predicted molar refractivity (Wildman–Crippen MR) is 68.3 cm³/mol. The molecule has 2 rings (SSSR count). The first-order chi connectivity index (χ1) is 7.23. The van der Waals surface area contributed by atoms with Gasteiger partial charge in [0.15, 0.2) is 0 Å². The van der Waals surface area contributed by atoms with Gasteiger partial charge < -0.3 is 4.74 Å². The van der Waals surface area contributed by atoms with E-state index in [1.165, 1.54) is 11.1 Å². The van der Waals surface area contributed by atoms with Gasteiger partial charge in [-0.15, -0.1) is 0 Å². The molecule has 16 heavy (non-hydrogen) atoms. The lowest BCUT2D eigenvalue weighted by Crippen LogP contribution is -2.29. The fourth-order valence-electron chi connectivity index (χ4n) is 2.16. The first kappa shape index (κ1) is 11.5. The van der Waals surface area contributed by atoms with Gasteiger partial charge in [0.1, 0.15) is 11.9 Å². The van der Waals surface area contributed by atoms with E-state index >= 15 is 0 Å². The molecule has 0 spiro atoms. The molecular formula is C15H22O. The number of benzene rings is 1. The monoisotopic (exact) mass is 218 g/mol. The number of hydrogen-bond acceptors (Lipinski definition) is 1. The Hall–Kier alpha value is -0.980. The quantitative estimate of drug-likeness (QED) is 0.638. The highest BCUT2D eigenvalue weighted by atomic mass is 16.5. The molecule has 1 aromatic carbocycles. The molecule has 1 aromatic rings. The average molecular weight is 218 g/mol. The highest BCUT2D eigenvalue weighted by molar-refractivity contribution is 5.47. The molecule has 0 aromatic heterocycles.